The number of nitrogens with one attached hydrogen (secondary N) is 1. The number of anilines is 2. The van der Waals surface area contributed by atoms with Crippen molar-refractivity contribution in [2.24, 2.45) is 0 Å². The molecule has 0 fully saturated rings. The van der Waals surface area contributed by atoms with Gasteiger partial charge in [0, 0.05) is 23.0 Å². The number of aromatic nitrogens is 1. The van der Waals surface area contributed by atoms with E-state index in [1.807, 2.05) is 35.2 Å². The fourth-order valence-corrected chi connectivity index (χ4v) is 5.95. The van der Waals surface area contributed by atoms with E-state index < -0.39 is 0 Å². The Labute approximate surface area is 198 Å². The first-order valence-electron chi connectivity index (χ1n) is 10.5. The van der Waals surface area contributed by atoms with Crippen molar-refractivity contribution in [2.75, 3.05) is 16.0 Å². The van der Waals surface area contributed by atoms with Gasteiger partial charge < -0.3 is 10.2 Å². The number of carbonyl (C=O) groups is 2. The van der Waals surface area contributed by atoms with Crippen LogP contribution >= 0.6 is 23.1 Å². The lowest BCUT2D eigenvalue weighted by molar-refractivity contribution is -0.116. The number of halogens is 1. The lowest BCUT2D eigenvalue weighted by Crippen LogP contribution is -2.36. The number of hydrogen-bond acceptors (Lipinski definition) is 5. The van der Waals surface area contributed by atoms with Crippen LogP contribution in [0.5, 0.6) is 0 Å². The number of nitrogens with zero attached hydrogens (tertiary/aromatic N) is 2. The van der Waals surface area contributed by atoms with Crippen LogP contribution in [-0.2, 0) is 11.2 Å². The molecule has 4 aromatic rings. The molecule has 2 amide bonds. The van der Waals surface area contributed by atoms with Crippen molar-refractivity contribution in [3.63, 3.8) is 0 Å². The Morgan fingerprint density at radius 2 is 1.94 bits per heavy atom. The molecule has 0 saturated carbocycles. The summed E-state index contributed by atoms with van der Waals surface area (Å²) >= 11 is 2.92. The maximum absolute atomic E-state index is 13.1. The van der Waals surface area contributed by atoms with Gasteiger partial charge in [-0.3, -0.25) is 9.59 Å². The molecule has 2 heterocycles. The topological polar surface area (TPSA) is 62.3 Å². The molecule has 1 aliphatic rings. The number of hydrogen-bond donors (Lipinski definition) is 1. The molecule has 0 unspecified atom stereocenters. The van der Waals surface area contributed by atoms with Crippen molar-refractivity contribution in [2.45, 2.75) is 23.7 Å². The number of rotatable bonds is 5. The number of benzene rings is 3. The van der Waals surface area contributed by atoms with Crippen molar-refractivity contribution < 1.29 is 14.0 Å². The summed E-state index contributed by atoms with van der Waals surface area (Å²) < 4.78 is 14.8. The minimum Gasteiger partial charge on any atom is -0.322 e. The van der Waals surface area contributed by atoms with Gasteiger partial charge in [-0.05, 0) is 67.4 Å². The third kappa shape index (κ3) is 4.49. The van der Waals surface area contributed by atoms with E-state index in [1.165, 1.54) is 52.9 Å². The van der Waals surface area contributed by atoms with E-state index in [2.05, 4.69) is 23.3 Å². The molecule has 5 rings (SSSR count). The van der Waals surface area contributed by atoms with Crippen molar-refractivity contribution in [3.05, 3.63) is 83.7 Å². The zero-order valence-electron chi connectivity index (χ0n) is 17.7. The minimum atomic E-state index is -0.385. The van der Waals surface area contributed by atoms with E-state index in [4.69, 9.17) is 0 Å². The lowest BCUT2D eigenvalue weighted by Gasteiger charge is -2.22. The maximum atomic E-state index is 13.1. The Hall–Kier alpha value is -3.23. The van der Waals surface area contributed by atoms with Gasteiger partial charge >= 0.3 is 0 Å². The zero-order valence-corrected chi connectivity index (χ0v) is 19.4. The highest BCUT2D eigenvalue weighted by atomic mass is 32.2. The fraction of sp³-hybridized carbons (Fsp3) is 0.160. The quantitative estimate of drug-likeness (QED) is 0.372. The summed E-state index contributed by atoms with van der Waals surface area (Å²) in [5.41, 5.74) is 4.04. The Balaban J connectivity index is 1.26. The SMILES string of the molecule is C[C@H]1Cc2ccccc2N1C(=O)CSc1nc2ccc(NC(=O)c3ccc(F)cc3)cc2s1. The van der Waals surface area contributed by atoms with Crippen molar-refractivity contribution in [3.8, 4) is 0 Å². The van der Waals surface area contributed by atoms with Crippen molar-refractivity contribution in [1.29, 1.82) is 0 Å². The summed E-state index contributed by atoms with van der Waals surface area (Å²) in [6.07, 6.45) is 0.875. The number of carbonyl (C=O) groups excluding carboxylic acids is 2. The summed E-state index contributed by atoms with van der Waals surface area (Å²) in [6, 6.07) is 19.1. The Bertz CT molecular complexity index is 1350. The molecular weight excluding hydrogens is 457 g/mol. The number of para-hydroxylation sites is 1. The monoisotopic (exact) mass is 477 g/mol. The summed E-state index contributed by atoms with van der Waals surface area (Å²) in [5, 5.41) is 2.83. The molecule has 0 saturated heterocycles. The number of fused-ring (bicyclic) bond motifs is 2. The van der Waals surface area contributed by atoms with E-state index in [-0.39, 0.29) is 23.7 Å². The van der Waals surface area contributed by atoms with Crippen LogP contribution in [0.15, 0.2) is 71.1 Å². The van der Waals surface area contributed by atoms with Crippen molar-refractivity contribution in [1.82, 2.24) is 4.98 Å². The molecule has 1 aliphatic heterocycles. The van der Waals surface area contributed by atoms with Crippen LogP contribution in [0, 0.1) is 5.82 Å². The third-order valence-electron chi connectivity index (χ3n) is 5.53. The Kier molecular flexibility index (Phi) is 5.86. The maximum Gasteiger partial charge on any atom is 0.255 e. The standard InChI is InChI=1S/C25H20FN3O2S2/c1-15-12-17-4-2-3-5-21(17)29(15)23(30)14-32-25-28-20-11-10-19(13-22(20)33-25)27-24(31)16-6-8-18(26)9-7-16/h2-11,13,15H,12,14H2,1H3,(H,27,31)/t15-/m0/s1. The van der Waals surface area contributed by atoms with Gasteiger partial charge in [-0.15, -0.1) is 11.3 Å². The average molecular weight is 478 g/mol. The Morgan fingerprint density at radius 3 is 2.76 bits per heavy atom. The molecule has 33 heavy (non-hydrogen) atoms. The molecule has 166 valence electrons. The van der Waals surface area contributed by atoms with Crippen LogP contribution in [-0.4, -0.2) is 28.6 Å². The molecule has 1 N–H and O–H groups in total. The predicted molar refractivity (Wildman–Crippen MR) is 132 cm³/mol. The van der Waals surface area contributed by atoms with Gasteiger partial charge in [0.25, 0.3) is 5.91 Å². The first-order chi connectivity index (χ1) is 16.0. The van der Waals surface area contributed by atoms with Crippen LogP contribution in [0.3, 0.4) is 0 Å². The molecule has 5 nitrogen and oxygen atoms in total. The highest BCUT2D eigenvalue weighted by molar-refractivity contribution is 8.01. The first kappa shape index (κ1) is 21.6. The van der Waals surface area contributed by atoms with Gasteiger partial charge in [0.05, 0.1) is 16.0 Å². The van der Waals surface area contributed by atoms with Crippen LogP contribution < -0.4 is 10.2 Å². The summed E-state index contributed by atoms with van der Waals surface area (Å²) in [7, 11) is 0. The summed E-state index contributed by atoms with van der Waals surface area (Å²) in [6.45, 7) is 2.07. The van der Waals surface area contributed by atoms with E-state index in [9.17, 15) is 14.0 Å². The normalized spacial score (nSPS) is 15.0. The molecule has 3 aromatic carbocycles. The average Bonchev–Trinajstić information content (AvgIpc) is 3.37. The smallest absolute Gasteiger partial charge is 0.255 e. The second-order valence-electron chi connectivity index (χ2n) is 7.86. The van der Waals surface area contributed by atoms with Crippen molar-refractivity contribution >= 4 is 56.5 Å². The van der Waals surface area contributed by atoms with E-state index in [0.717, 1.165) is 26.7 Å². The molecular formula is C25H20FN3O2S2. The van der Waals surface area contributed by atoms with Crippen LogP contribution in [0.4, 0.5) is 15.8 Å². The second kappa shape index (κ2) is 8.96. The van der Waals surface area contributed by atoms with E-state index in [1.54, 1.807) is 6.07 Å². The number of thiazole rings is 1. The van der Waals surface area contributed by atoms with Gasteiger partial charge in [-0.2, -0.15) is 0 Å². The predicted octanol–water partition coefficient (Wildman–Crippen LogP) is 5.76. The van der Waals surface area contributed by atoms with Gasteiger partial charge in [0.2, 0.25) is 5.91 Å². The number of thioether (sulfide) groups is 1. The van der Waals surface area contributed by atoms with E-state index >= 15 is 0 Å². The first-order valence-corrected chi connectivity index (χ1v) is 12.3. The zero-order chi connectivity index (χ0) is 22.9. The number of amides is 2. The summed E-state index contributed by atoms with van der Waals surface area (Å²) in [5.74, 6) is -0.306. The Morgan fingerprint density at radius 1 is 1.15 bits per heavy atom. The fourth-order valence-electron chi connectivity index (χ4n) is 3.99. The summed E-state index contributed by atoms with van der Waals surface area (Å²) in [4.78, 5) is 31.8. The molecule has 0 spiro atoms. The highest BCUT2D eigenvalue weighted by Gasteiger charge is 2.30. The molecule has 0 aliphatic carbocycles. The van der Waals surface area contributed by atoms with Crippen LogP contribution in [0.1, 0.15) is 22.8 Å². The van der Waals surface area contributed by atoms with Gasteiger partial charge in [-0.25, -0.2) is 9.37 Å². The molecule has 1 atom stereocenters. The molecule has 0 radical (unpaired) electrons. The van der Waals surface area contributed by atoms with Gasteiger partial charge in [0.1, 0.15) is 5.82 Å². The third-order valence-corrected chi connectivity index (χ3v) is 7.67. The van der Waals surface area contributed by atoms with E-state index in [0.29, 0.717) is 17.0 Å². The largest absolute Gasteiger partial charge is 0.322 e. The second-order valence-corrected chi connectivity index (χ2v) is 10.1. The highest BCUT2D eigenvalue weighted by Crippen LogP contribution is 2.35. The van der Waals surface area contributed by atoms with Gasteiger partial charge in [-0.1, -0.05) is 30.0 Å². The minimum absolute atomic E-state index is 0.0731. The van der Waals surface area contributed by atoms with Crippen LogP contribution in [0.25, 0.3) is 10.2 Å². The molecule has 0 bridgehead atoms. The van der Waals surface area contributed by atoms with Crippen LogP contribution in [0.2, 0.25) is 0 Å². The molecule has 8 heteroatoms. The van der Waals surface area contributed by atoms with Gasteiger partial charge in [0.15, 0.2) is 4.34 Å². The lowest BCUT2D eigenvalue weighted by atomic mass is 10.1. The molecule has 1 aromatic heterocycles.